The highest BCUT2D eigenvalue weighted by Gasteiger charge is 2.29. The highest BCUT2D eigenvalue weighted by molar-refractivity contribution is 5.97. The Bertz CT molecular complexity index is 655. The summed E-state index contributed by atoms with van der Waals surface area (Å²) in [5.74, 6) is 0.123. The van der Waals surface area contributed by atoms with Crippen molar-refractivity contribution in [2.75, 3.05) is 39.3 Å². The van der Waals surface area contributed by atoms with Crippen LogP contribution in [0.1, 0.15) is 10.4 Å². The average Bonchev–Trinajstić information content (AvgIpc) is 2.93. The van der Waals surface area contributed by atoms with Crippen LogP contribution in [0.5, 0.6) is 0 Å². The lowest BCUT2D eigenvalue weighted by atomic mass is 10.1. The summed E-state index contributed by atoms with van der Waals surface area (Å²) < 4.78 is 0. The van der Waals surface area contributed by atoms with Gasteiger partial charge in [-0.3, -0.25) is 14.8 Å². The smallest absolute Gasteiger partial charge is 0.254 e. The van der Waals surface area contributed by atoms with Gasteiger partial charge in [-0.2, -0.15) is 5.10 Å². The largest absolute Gasteiger partial charge is 0.336 e. The molecule has 0 unspecified atom stereocenters. The predicted octanol–water partition coefficient (Wildman–Crippen LogP) is 0.292. The lowest BCUT2D eigenvalue weighted by Crippen LogP contribution is -2.62. The third-order valence-electron chi connectivity index (χ3n) is 4.57. The van der Waals surface area contributed by atoms with Crippen LogP contribution in [-0.2, 0) is 0 Å². The van der Waals surface area contributed by atoms with E-state index in [-0.39, 0.29) is 5.91 Å². The molecular weight excluding hydrogens is 266 g/mol. The van der Waals surface area contributed by atoms with Gasteiger partial charge >= 0.3 is 0 Å². The zero-order valence-electron chi connectivity index (χ0n) is 11.9. The Morgan fingerprint density at radius 3 is 2.71 bits per heavy atom. The summed E-state index contributed by atoms with van der Waals surface area (Å²) in [6.07, 6.45) is 1.77. The van der Waals surface area contributed by atoms with E-state index in [9.17, 15) is 4.79 Å². The number of benzene rings is 1. The van der Waals surface area contributed by atoms with Gasteiger partial charge in [0.1, 0.15) is 0 Å². The summed E-state index contributed by atoms with van der Waals surface area (Å²) in [4.78, 5) is 17.0. The molecule has 6 heteroatoms. The zero-order chi connectivity index (χ0) is 14.2. The Labute approximate surface area is 123 Å². The first-order chi connectivity index (χ1) is 10.3. The highest BCUT2D eigenvalue weighted by atomic mass is 16.2. The zero-order valence-corrected chi connectivity index (χ0v) is 11.9. The number of amides is 1. The molecule has 0 bridgehead atoms. The standard InChI is InChI=1S/C15H19N5O/c21-15(11-1-2-12-8-17-18-14(12)7-11)20-5-3-19(4-6-20)13-9-16-10-13/h1-2,7-8,13,16H,3-6,9-10H2,(H,17,18). The first-order valence-corrected chi connectivity index (χ1v) is 7.48. The van der Waals surface area contributed by atoms with Gasteiger partial charge in [-0.05, 0) is 12.1 Å². The SMILES string of the molecule is O=C(c1ccc2cn[nH]c2c1)N1CCN(C2CNC2)CC1. The molecule has 1 aromatic carbocycles. The Morgan fingerprint density at radius 1 is 1.19 bits per heavy atom. The number of hydrogen-bond acceptors (Lipinski definition) is 4. The van der Waals surface area contributed by atoms with Gasteiger partial charge in [-0.25, -0.2) is 0 Å². The minimum atomic E-state index is 0.123. The fourth-order valence-corrected chi connectivity index (χ4v) is 3.07. The minimum Gasteiger partial charge on any atom is -0.336 e. The molecule has 2 aliphatic rings. The second-order valence-electron chi connectivity index (χ2n) is 5.81. The van der Waals surface area contributed by atoms with Crippen molar-refractivity contribution in [1.29, 1.82) is 0 Å². The van der Waals surface area contributed by atoms with Crippen molar-refractivity contribution >= 4 is 16.8 Å². The third-order valence-corrected chi connectivity index (χ3v) is 4.57. The number of nitrogens with zero attached hydrogens (tertiary/aromatic N) is 3. The minimum absolute atomic E-state index is 0.123. The summed E-state index contributed by atoms with van der Waals surface area (Å²) in [6, 6.07) is 6.40. The van der Waals surface area contributed by atoms with Crippen LogP contribution in [0.25, 0.3) is 10.9 Å². The lowest BCUT2D eigenvalue weighted by Gasteiger charge is -2.43. The van der Waals surface area contributed by atoms with Gasteiger partial charge in [0.15, 0.2) is 0 Å². The summed E-state index contributed by atoms with van der Waals surface area (Å²) >= 11 is 0. The summed E-state index contributed by atoms with van der Waals surface area (Å²) in [5.41, 5.74) is 1.66. The van der Waals surface area contributed by atoms with Crippen LogP contribution in [0.4, 0.5) is 0 Å². The molecular formula is C15H19N5O. The predicted molar refractivity (Wildman–Crippen MR) is 80.2 cm³/mol. The van der Waals surface area contributed by atoms with E-state index < -0.39 is 0 Å². The normalized spacial score (nSPS) is 20.7. The van der Waals surface area contributed by atoms with Crippen molar-refractivity contribution in [2.45, 2.75) is 6.04 Å². The molecule has 0 saturated carbocycles. The van der Waals surface area contributed by atoms with Crippen molar-refractivity contribution < 1.29 is 4.79 Å². The van der Waals surface area contributed by atoms with Gasteiger partial charge in [0.25, 0.3) is 5.91 Å². The maximum atomic E-state index is 12.6. The summed E-state index contributed by atoms with van der Waals surface area (Å²) in [5, 5.41) is 11.3. The van der Waals surface area contributed by atoms with Gasteiger partial charge in [-0.1, -0.05) is 6.07 Å². The van der Waals surface area contributed by atoms with E-state index in [0.29, 0.717) is 6.04 Å². The van der Waals surface area contributed by atoms with E-state index in [1.807, 2.05) is 23.1 Å². The fraction of sp³-hybridized carbons (Fsp3) is 0.467. The number of carbonyl (C=O) groups is 1. The van der Waals surface area contributed by atoms with E-state index in [0.717, 1.165) is 55.7 Å². The fourth-order valence-electron chi connectivity index (χ4n) is 3.07. The molecule has 0 aliphatic carbocycles. The lowest BCUT2D eigenvalue weighted by molar-refractivity contribution is 0.0502. The number of fused-ring (bicyclic) bond motifs is 1. The molecule has 2 N–H and O–H groups in total. The Balaban J connectivity index is 1.45. The first kappa shape index (κ1) is 12.8. The molecule has 0 spiro atoms. The Hall–Kier alpha value is -1.92. The van der Waals surface area contributed by atoms with E-state index in [1.165, 1.54) is 0 Å². The highest BCUT2D eigenvalue weighted by Crippen LogP contribution is 2.16. The van der Waals surface area contributed by atoms with Gasteiger partial charge in [0.05, 0.1) is 11.7 Å². The van der Waals surface area contributed by atoms with E-state index in [4.69, 9.17) is 0 Å². The quantitative estimate of drug-likeness (QED) is 0.832. The number of aromatic nitrogens is 2. The molecule has 1 amide bonds. The number of nitrogens with one attached hydrogen (secondary N) is 2. The number of H-pyrrole nitrogens is 1. The van der Waals surface area contributed by atoms with Gasteiger partial charge < -0.3 is 10.2 Å². The van der Waals surface area contributed by atoms with Crippen molar-refractivity contribution in [3.63, 3.8) is 0 Å². The van der Waals surface area contributed by atoms with Gasteiger partial charge in [-0.15, -0.1) is 0 Å². The Kier molecular flexibility index (Phi) is 3.12. The monoisotopic (exact) mass is 285 g/mol. The number of hydrogen-bond donors (Lipinski definition) is 2. The third kappa shape index (κ3) is 2.30. The average molecular weight is 285 g/mol. The van der Waals surface area contributed by atoms with Crippen molar-refractivity contribution in [3.05, 3.63) is 30.0 Å². The molecule has 3 heterocycles. The molecule has 110 valence electrons. The second-order valence-corrected chi connectivity index (χ2v) is 5.81. The molecule has 0 atom stereocenters. The van der Waals surface area contributed by atoms with Gasteiger partial charge in [0, 0.05) is 56.3 Å². The first-order valence-electron chi connectivity index (χ1n) is 7.48. The number of carbonyl (C=O) groups excluding carboxylic acids is 1. The molecule has 2 aromatic rings. The van der Waals surface area contributed by atoms with Crippen molar-refractivity contribution in [1.82, 2.24) is 25.3 Å². The van der Waals surface area contributed by atoms with E-state index in [2.05, 4.69) is 20.4 Å². The van der Waals surface area contributed by atoms with Crippen LogP contribution < -0.4 is 5.32 Å². The van der Waals surface area contributed by atoms with E-state index in [1.54, 1.807) is 6.20 Å². The summed E-state index contributed by atoms with van der Waals surface area (Å²) in [6.45, 7) is 5.76. The topological polar surface area (TPSA) is 64.3 Å². The second kappa shape index (κ2) is 5.13. The van der Waals surface area contributed by atoms with Gasteiger partial charge in [0.2, 0.25) is 0 Å². The molecule has 2 fully saturated rings. The summed E-state index contributed by atoms with van der Waals surface area (Å²) in [7, 11) is 0. The molecule has 21 heavy (non-hydrogen) atoms. The molecule has 1 aromatic heterocycles. The van der Waals surface area contributed by atoms with Crippen LogP contribution in [0.2, 0.25) is 0 Å². The molecule has 6 nitrogen and oxygen atoms in total. The molecule has 4 rings (SSSR count). The molecule has 0 radical (unpaired) electrons. The maximum absolute atomic E-state index is 12.6. The van der Waals surface area contributed by atoms with Crippen molar-refractivity contribution in [2.24, 2.45) is 0 Å². The van der Waals surface area contributed by atoms with Crippen LogP contribution in [0, 0.1) is 0 Å². The maximum Gasteiger partial charge on any atom is 0.254 e. The van der Waals surface area contributed by atoms with Crippen LogP contribution in [0.15, 0.2) is 24.4 Å². The van der Waals surface area contributed by atoms with Crippen LogP contribution in [-0.4, -0.2) is 71.2 Å². The van der Waals surface area contributed by atoms with Crippen LogP contribution in [0.3, 0.4) is 0 Å². The Morgan fingerprint density at radius 2 is 2.00 bits per heavy atom. The van der Waals surface area contributed by atoms with E-state index >= 15 is 0 Å². The van der Waals surface area contributed by atoms with Crippen molar-refractivity contribution in [3.8, 4) is 0 Å². The number of rotatable bonds is 2. The molecule has 2 saturated heterocycles. The number of piperazine rings is 1. The number of aromatic amines is 1. The van der Waals surface area contributed by atoms with Crippen LogP contribution >= 0.6 is 0 Å². The molecule has 2 aliphatic heterocycles.